The van der Waals surface area contributed by atoms with Crippen LogP contribution in [0, 0.1) is 24.4 Å². The van der Waals surface area contributed by atoms with E-state index in [0.717, 1.165) is 6.07 Å². The summed E-state index contributed by atoms with van der Waals surface area (Å²) in [4.78, 5) is 11.8. The van der Waals surface area contributed by atoms with Gasteiger partial charge in [-0.15, -0.1) is 0 Å². The number of halogens is 3. The van der Waals surface area contributed by atoms with Crippen molar-refractivity contribution < 1.29 is 18.0 Å². The average molecular weight is 265 g/mol. The number of benzene rings is 2. The van der Waals surface area contributed by atoms with Crippen molar-refractivity contribution in [2.75, 3.05) is 5.32 Å². The molecule has 19 heavy (non-hydrogen) atoms. The van der Waals surface area contributed by atoms with Gasteiger partial charge >= 0.3 is 0 Å². The maximum absolute atomic E-state index is 13.4. The molecule has 0 aliphatic carbocycles. The zero-order valence-electron chi connectivity index (χ0n) is 10.0. The normalized spacial score (nSPS) is 10.3. The van der Waals surface area contributed by atoms with Crippen LogP contribution in [0.15, 0.2) is 36.4 Å². The van der Waals surface area contributed by atoms with E-state index < -0.39 is 28.9 Å². The van der Waals surface area contributed by atoms with Gasteiger partial charge in [-0.2, -0.15) is 0 Å². The molecular weight excluding hydrogens is 255 g/mol. The van der Waals surface area contributed by atoms with Crippen LogP contribution in [0.25, 0.3) is 0 Å². The van der Waals surface area contributed by atoms with Gasteiger partial charge in [0.25, 0.3) is 5.91 Å². The van der Waals surface area contributed by atoms with Gasteiger partial charge in [-0.1, -0.05) is 6.07 Å². The Bertz CT molecular complexity index is 641. The molecule has 2 nitrogen and oxygen atoms in total. The number of carbonyl (C=O) groups is 1. The monoisotopic (exact) mass is 265 g/mol. The quantitative estimate of drug-likeness (QED) is 0.882. The number of aryl methyl sites for hydroxylation is 1. The van der Waals surface area contributed by atoms with Gasteiger partial charge in [-0.3, -0.25) is 4.79 Å². The Labute approximate surface area is 107 Å². The van der Waals surface area contributed by atoms with Crippen molar-refractivity contribution in [2.24, 2.45) is 0 Å². The van der Waals surface area contributed by atoms with Gasteiger partial charge < -0.3 is 5.32 Å². The molecule has 2 aromatic rings. The summed E-state index contributed by atoms with van der Waals surface area (Å²) >= 11 is 0. The van der Waals surface area contributed by atoms with Gasteiger partial charge in [0.1, 0.15) is 5.82 Å². The largest absolute Gasteiger partial charge is 0.322 e. The number of amides is 1. The van der Waals surface area contributed by atoms with E-state index in [0.29, 0.717) is 11.3 Å². The van der Waals surface area contributed by atoms with E-state index in [2.05, 4.69) is 5.32 Å². The minimum Gasteiger partial charge on any atom is -0.322 e. The molecule has 0 bridgehead atoms. The van der Waals surface area contributed by atoms with Crippen LogP contribution in [-0.2, 0) is 0 Å². The minimum absolute atomic E-state index is 0.313. The molecular formula is C14H10F3NO. The molecule has 0 aliphatic heterocycles. The van der Waals surface area contributed by atoms with E-state index in [1.807, 2.05) is 0 Å². The fraction of sp³-hybridized carbons (Fsp3) is 0.0714. The van der Waals surface area contributed by atoms with Crippen LogP contribution in [0.5, 0.6) is 0 Å². The zero-order chi connectivity index (χ0) is 14.0. The Kier molecular flexibility index (Phi) is 3.55. The molecule has 98 valence electrons. The van der Waals surface area contributed by atoms with Gasteiger partial charge in [0.15, 0.2) is 11.6 Å². The third kappa shape index (κ3) is 2.76. The SMILES string of the molecule is Cc1cc(NC(=O)c2cccc(F)c2F)ccc1F. The molecule has 0 aromatic heterocycles. The Hall–Kier alpha value is -2.30. The minimum atomic E-state index is -1.21. The van der Waals surface area contributed by atoms with Gasteiger partial charge in [-0.25, -0.2) is 13.2 Å². The number of carbonyl (C=O) groups excluding carboxylic acids is 1. The van der Waals surface area contributed by atoms with E-state index in [1.165, 1.54) is 37.3 Å². The smallest absolute Gasteiger partial charge is 0.258 e. The highest BCUT2D eigenvalue weighted by molar-refractivity contribution is 6.04. The molecule has 0 atom stereocenters. The highest BCUT2D eigenvalue weighted by atomic mass is 19.2. The summed E-state index contributed by atoms with van der Waals surface area (Å²) in [5.74, 6) is -3.50. The average Bonchev–Trinajstić information content (AvgIpc) is 2.37. The summed E-state index contributed by atoms with van der Waals surface area (Å²) in [5.41, 5.74) is 0.257. The number of rotatable bonds is 2. The Morgan fingerprint density at radius 2 is 1.79 bits per heavy atom. The van der Waals surface area contributed by atoms with Crippen LogP contribution in [0.2, 0.25) is 0 Å². The molecule has 0 heterocycles. The lowest BCUT2D eigenvalue weighted by molar-refractivity contribution is 0.102. The standard InChI is InChI=1S/C14H10F3NO/c1-8-7-9(5-6-11(8)15)18-14(19)10-3-2-4-12(16)13(10)17/h2-7H,1H3,(H,18,19). The Morgan fingerprint density at radius 3 is 2.47 bits per heavy atom. The van der Waals surface area contributed by atoms with Crippen LogP contribution in [0.4, 0.5) is 18.9 Å². The topological polar surface area (TPSA) is 29.1 Å². The summed E-state index contributed by atoms with van der Waals surface area (Å²) in [6, 6.07) is 7.27. The maximum Gasteiger partial charge on any atom is 0.258 e. The van der Waals surface area contributed by atoms with E-state index in [9.17, 15) is 18.0 Å². The summed E-state index contributed by atoms with van der Waals surface area (Å²) < 4.78 is 39.4. The molecule has 2 rings (SSSR count). The molecule has 0 saturated heterocycles. The van der Waals surface area contributed by atoms with E-state index >= 15 is 0 Å². The molecule has 0 aliphatic rings. The van der Waals surface area contributed by atoms with Crippen molar-refractivity contribution in [3.63, 3.8) is 0 Å². The zero-order valence-corrected chi connectivity index (χ0v) is 10.0. The first-order chi connectivity index (χ1) is 8.99. The first kappa shape index (κ1) is 13.1. The summed E-state index contributed by atoms with van der Waals surface area (Å²) in [5, 5.41) is 2.38. The first-order valence-corrected chi connectivity index (χ1v) is 5.50. The van der Waals surface area contributed by atoms with Crippen LogP contribution in [0.1, 0.15) is 15.9 Å². The Balaban J connectivity index is 2.26. The summed E-state index contributed by atoms with van der Waals surface area (Å²) in [6.45, 7) is 1.54. The van der Waals surface area contributed by atoms with E-state index in [-0.39, 0.29) is 0 Å². The molecule has 1 N–H and O–H groups in total. The van der Waals surface area contributed by atoms with Crippen molar-refractivity contribution in [3.8, 4) is 0 Å². The van der Waals surface area contributed by atoms with Crippen molar-refractivity contribution in [1.29, 1.82) is 0 Å². The summed E-state index contributed by atoms with van der Waals surface area (Å²) in [7, 11) is 0. The third-order valence-corrected chi connectivity index (χ3v) is 2.61. The van der Waals surface area contributed by atoms with E-state index in [4.69, 9.17) is 0 Å². The van der Waals surface area contributed by atoms with Crippen molar-refractivity contribution >= 4 is 11.6 Å². The second-order valence-corrected chi connectivity index (χ2v) is 4.02. The molecule has 5 heteroatoms. The lowest BCUT2D eigenvalue weighted by Crippen LogP contribution is -2.14. The third-order valence-electron chi connectivity index (χ3n) is 2.61. The fourth-order valence-electron chi connectivity index (χ4n) is 1.60. The predicted molar refractivity (Wildman–Crippen MR) is 65.4 cm³/mol. The number of anilines is 1. The summed E-state index contributed by atoms with van der Waals surface area (Å²) in [6.07, 6.45) is 0. The molecule has 0 saturated carbocycles. The molecule has 1 amide bonds. The van der Waals surface area contributed by atoms with Crippen LogP contribution >= 0.6 is 0 Å². The number of nitrogens with one attached hydrogen (secondary N) is 1. The van der Waals surface area contributed by atoms with Gasteiger partial charge in [-0.05, 0) is 42.8 Å². The van der Waals surface area contributed by atoms with Gasteiger partial charge in [0, 0.05) is 5.69 Å². The molecule has 0 unspecified atom stereocenters. The highest BCUT2D eigenvalue weighted by Gasteiger charge is 2.15. The van der Waals surface area contributed by atoms with Crippen LogP contribution in [0.3, 0.4) is 0 Å². The predicted octanol–water partition coefficient (Wildman–Crippen LogP) is 3.66. The second-order valence-electron chi connectivity index (χ2n) is 4.02. The molecule has 0 fully saturated rings. The molecule has 0 spiro atoms. The fourth-order valence-corrected chi connectivity index (χ4v) is 1.60. The van der Waals surface area contributed by atoms with Crippen molar-refractivity contribution in [2.45, 2.75) is 6.92 Å². The molecule has 0 radical (unpaired) electrons. The van der Waals surface area contributed by atoms with Crippen LogP contribution in [-0.4, -0.2) is 5.91 Å². The first-order valence-electron chi connectivity index (χ1n) is 5.50. The maximum atomic E-state index is 13.4. The van der Waals surface area contributed by atoms with Gasteiger partial charge in [0.05, 0.1) is 5.56 Å². The number of hydrogen-bond acceptors (Lipinski definition) is 1. The lowest BCUT2D eigenvalue weighted by Gasteiger charge is -2.07. The van der Waals surface area contributed by atoms with E-state index in [1.54, 1.807) is 0 Å². The van der Waals surface area contributed by atoms with Crippen molar-refractivity contribution in [1.82, 2.24) is 0 Å². The second kappa shape index (κ2) is 5.14. The highest BCUT2D eigenvalue weighted by Crippen LogP contribution is 2.17. The van der Waals surface area contributed by atoms with Crippen molar-refractivity contribution in [3.05, 3.63) is 65.0 Å². The van der Waals surface area contributed by atoms with Crippen LogP contribution < -0.4 is 5.32 Å². The number of hydrogen-bond donors (Lipinski definition) is 1. The van der Waals surface area contributed by atoms with Gasteiger partial charge in [0.2, 0.25) is 0 Å². The molecule has 2 aromatic carbocycles. The lowest BCUT2D eigenvalue weighted by atomic mass is 10.1. The Morgan fingerprint density at radius 1 is 1.05 bits per heavy atom.